The molecule has 2 rings (SSSR count). The third kappa shape index (κ3) is 3.32. The Morgan fingerprint density at radius 3 is 2.79 bits per heavy atom. The number of rotatable bonds is 3. The first-order valence-corrected chi connectivity index (χ1v) is 7.16. The quantitative estimate of drug-likeness (QED) is 0.820. The Labute approximate surface area is 117 Å². The number of piperazine rings is 1. The molecule has 0 bridgehead atoms. The molecule has 0 radical (unpaired) electrons. The fraction of sp³-hybridized carbons (Fsp3) is 0.538. The summed E-state index contributed by atoms with van der Waals surface area (Å²) < 4.78 is 0. The summed E-state index contributed by atoms with van der Waals surface area (Å²) in [5.74, 6) is 2.62. The molecule has 1 atom stereocenters. The van der Waals surface area contributed by atoms with Crippen molar-refractivity contribution in [2.45, 2.75) is 13.0 Å². The molecule has 1 aliphatic heterocycles. The maximum atomic E-state index is 12.3. The van der Waals surface area contributed by atoms with Gasteiger partial charge in [-0.05, 0) is 6.92 Å². The molecule has 1 fully saturated rings. The van der Waals surface area contributed by atoms with Gasteiger partial charge >= 0.3 is 0 Å². The van der Waals surface area contributed by atoms with E-state index < -0.39 is 0 Å². The third-order valence-electron chi connectivity index (χ3n) is 3.10. The lowest BCUT2D eigenvalue weighted by atomic mass is 10.3. The van der Waals surface area contributed by atoms with Gasteiger partial charge in [-0.25, -0.2) is 4.98 Å². The number of amides is 1. The molecule has 102 valence electrons. The van der Waals surface area contributed by atoms with E-state index in [9.17, 15) is 4.79 Å². The molecule has 1 saturated heterocycles. The standard InChI is InChI=1S/C13H18N4OS/c1-3-4-16-5-7-17(8-6-16)13(18)11-9-19-12(15-11)10(2)14/h1,9-10H,4-8,14H2,2H3. The summed E-state index contributed by atoms with van der Waals surface area (Å²) in [4.78, 5) is 20.6. The number of nitrogens with two attached hydrogens (primary N) is 1. The fourth-order valence-electron chi connectivity index (χ4n) is 2.00. The van der Waals surface area contributed by atoms with Crippen LogP contribution in [0.5, 0.6) is 0 Å². The first kappa shape index (κ1) is 14.0. The van der Waals surface area contributed by atoms with Crippen LogP contribution in [0, 0.1) is 12.3 Å². The van der Waals surface area contributed by atoms with Crippen LogP contribution in [0.25, 0.3) is 0 Å². The second kappa shape index (κ2) is 6.15. The molecule has 1 aliphatic rings. The summed E-state index contributed by atoms with van der Waals surface area (Å²) in [5.41, 5.74) is 6.26. The minimum Gasteiger partial charge on any atom is -0.335 e. The molecule has 0 aliphatic carbocycles. The highest BCUT2D eigenvalue weighted by Crippen LogP contribution is 2.17. The van der Waals surface area contributed by atoms with E-state index in [0.29, 0.717) is 25.3 Å². The molecular formula is C13H18N4OS. The largest absolute Gasteiger partial charge is 0.335 e. The van der Waals surface area contributed by atoms with E-state index >= 15 is 0 Å². The molecule has 1 amide bonds. The number of terminal acetylenes is 1. The summed E-state index contributed by atoms with van der Waals surface area (Å²) in [5, 5.41) is 2.59. The van der Waals surface area contributed by atoms with E-state index in [1.165, 1.54) is 11.3 Å². The molecule has 19 heavy (non-hydrogen) atoms. The Morgan fingerprint density at radius 1 is 1.58 bits per heavy atom. The molecule has 1 unspecified atom stereocenters. The highest BCUT2D eigenvalue weighted by Gasteiger charge is 2.23. The van der Waals surface area contributed by atoms with Gasteiger partial charge in [-0.1, -0.05) is 5.92 Å². The van der Waals surface area contributed by atoms with Gasteiger partial charge in [0, 0.05) is 31.6 Å². The predicted molar refractivity (Wildman–Crippen MR) is 75.9 cm³/mol. The first-order chi connectivity index (χ1) is 9.11. The van der Waals surface area contributed by atoms with Crippen molar-refractivity contribution in [3.63, 3.8) is 0 Å². The Kier molecular flexibility index (Phi) is 4.53. The zero-order valence-corrected chi connectivity index (χ0v) is 11.8. The van der Waals surface area contributed by atoms with Crippen LogP contribution in [-0.2, 0) is 0 Å². The number of hydrogen-bond acceptors (Lipinski definition) is 5. The second-order valence-corrected chi connectivity index (χ2v) is 5.52. The summed E-state index contributed by atoms with van der Waals surface area (Å²) in [7, 11) is 0. The van der Waals surface area contributed by atoms with Crippen LogP contribution < -0.4 is 5.73 Å². The first-order valence-electron chi connectivity index (χ1n) is 6.28. The number of nitrogens with zero attached hydrogens (tertiary/aromatic N) is 3. The Morgan fingerprint density at radius 2 is 2.26 bits per heavy atom. The SMILES string of the molecule is C#CCN1CCN(C(=O)c2csc(C(C)N)n2)CC1. The van der Waals surface area contributed by atoms with Crippen LogP contribution in [-0.4, -0.2) is 53.4 Å². The van der Waals surface area contributed by atoms with Crippen LogP contribution in [0.15, 0.2) is 5.38 Å². The average Bonchev–Trinajstić information content (AvgIpc) is 2.89. The molecule has 5 nitrogen and oxygen atoms in total. The molecule has 2 N–H and O–H groups in total. The van der Waals surface area contributed by atoms with Gasteiger partial charge in [-0.15, -0.1) is 17.8 Å². The van der Waals surface area contributed by atoms with E-state index in [-0.39, 0.29) is 11.9 Å². The third-order valence-corrected chi connectivity index (χ3v) is 4.15. The van der Waals surface area contributed by atoms with Gasteiger partial charge in [0.15, 0.2) is 0 Å². The minimum absolute atomic E-state index is 0.0106. The topological polar surface area (TPSA) is 62.5 Å². The average molecular weight is 278 g/mol. The van der Waals surface area contributed by atoms with Crippen LogP contribution in [0.2, 0.25) is 0 Å². The molecule has 6 heteroatoms. The van der Waals surface area contributed by atoms with Crippen molar-refractivity contribution in [2.24, 2.45) is 5.73 Å². The van der Waals surface area contributed by atoms with Crippen LogP contribution in [0.3, 0.4) is 0 Å². The van der Waals surface area contributed by atoms with E-state index in [2.05, 4.69) is 15.8 Å². The van der Waals surface area contributed by atoms with E-state index in [1.807, 2.05) is 11.8 Å². The Balaban J connectivity index is 1.95. The van der Waals surface area contributed by atoms with Crippen molar-refractivity contribution in [3.05, 3.63) is 16.1 Å². The number of carbonyl (C=O) groups is 1. The van der Waals surface area contributed by atoms with Gasteiger partial charge < -0.3 is 10.6 Å². The second-order valence-electron chi connectivity index (χ2n) is 4.63. The van der Waals surface area contributed by atoms with E-state index in [4.69, 9.17) is 12.2 Å². The lowest BCUT2D eigenvalue weighted by Gasteiger charge is -2.33. The molecule has 1 aromatic rings. The minimum atomic E-state index is -0.126. The van der Waals surface area contributed by atoms with Gasteiger partial charge in [0.05, 0.1) is 12.6 Å². The molecule has 0 saturated carbocycles. The normalized spacial score (nSPS) is 18.1. The lowest BCUT2D eigenvalue weighted by molar-refractivity contribution is 0.0647. The van der Waals surface area contributed by atoms with Crippen molar-refractivity contribution in [3.8, 4) is 12.3 Å². The fourth-order valence-corrected chi connectivity index (χ4v) is 2.75. The zero-order valence-electron chi connectivity index (χ0n) is 11.0. The molecule has 0 spiro atoms. The molecule has 2 heterocycles. The van der Waals surface area contributed by atoms with E-state index in [0.717, 1.165) is 18.1 Å². The Bertz CT molecular complexity index is 483. The lowest BCUT2D eigenvalue weighted by Crippen LogP contribution is -2.48. The molecule has 0 aromatic carbocycles. The van der Waals surface area contributed by atoms with Crippen molar-refractivity contribution in [2.75, 3.05) is 32.7 Å². The van der Waals surface area contributed by atoms with Crippen LogP contribution >= 0.6 is 11.3 Å². The summed E-state index contributed by atoms with van der Waals surface area (Å²) in [6, 6.07) is -0.126. The van der Waals surface area contributed by atoms with Crippen LogP contribution in [0.4, 0.5) is 0 Å². The summed E-state index contributed by atoms with van der Waals surface area (Å²) in [6.07, 6.45) is 5.28. The maximum Gasteiger partial charge on any atom is 0.273 e. The molecular weight excluding hydrogens is 260 g/mol. The van der Waals surface area contributed by atoms with Crippen molar-refractivity contribution in [1.82, 2.24) is 14.8 Å². The van der Waals surface area contributed by atoms with Gasteiger partial charge in [0.2, 0.25) is 0 Å². The summed E-state index contributed by atoms with van der Waals surface area (Å²) in [6.45, 7) is 5.55. The van der Waals surface area contributed by atoms with E-state index in [1.54, 1.807) is 5.38 Å². The van der Waals surface area contributed by atoms with Crippen LogP contribution in [0.1, 0.15) is 28.5 Å². The van der Waals surface area contributed by atoms with Gasteiger partial charge in [-0.2, -0.15) is 0 Å². The molecule has 1 aromatic heterocycles. The highest BCUT2D eigenvalue weighted by molar-refractivity contribution is 7.09. The van der Waals surface area contributed by atoms with Gasteiger partial charge in [-0.3, -0.25) is 9.69 Å². The number of thiazole rings is 1. The predicted octanol–water partition coefficient (Wildman–Crippen LogP) is 0.554. The monoisotopic (exact) mass is 278 g/mol. The maximum absolute atomic E-state index is 12.3. The summed E-state index contributed by atoms with van der Waals surface area (Å²) >= 11 is 1.44. The number of hydrogen-bond donors (Lipinski definition) is 1. The highest BCUT2D eigenvalue weighted by atomic mass is 32.1. The van der Waals surface area contributed by atoms with Gasteiger partial charge in [0.1, 0.15) is 10.7 Å². The van der Waals surface area contributed by atoms with Gasteiger partial charge in [0.25, 0.3) is 5.91 Å². The smallest absolute Gasteiger partial charge is 0.273 e. The zero-order chi connectivity index (χ0) is 13.8. The van der Waals surface area contributed by atoms with Crippen molar-refractivity contribution in [1.29, 1.82) is 0 Å². The van der Waals surface area contributed by atoms with Crippen molar-refractivity contribution < 1.29 is 4.79 Å². The Hall–Kier alpha value is -1.42. The van der Waals surface area contributed by atoms with Crippen molar-refractivity contribution >= 4 is 17.2 Å². The number of aromatic nitrogens is 1. The number of carbonyl (C=O) groups excluding carboxylic acids is 1.